The summed E-state index contributed by atoms with van der Waals surface area (Å²) in [4.78, 5) is 0. The number of hydrogen-bond acceptors (Lipinski definition) is 2. The molecule has 1 aromatic rings. The molecule has 1 aliphatic heterocycles. The molecule has 1 saturated heterocycles. The second kappa shape index (κ2) is 4.47. The van der Waals surface area contributed by atoms with Crippen molar-refractivity contribution >= 4 is 0 Å². The van der Waals surface area contributed by atoms with Crippen LogP contribution in [0.15, 0.2) is 24.3 Å². The van der Waals surface area contributed by atoms with Crippen LogP contribution in [0.1, 0.15) is 24.3 Å². The molecule has 1 fully saturated rings. The van der Waals surface area contributed by atoms with Gasteiger partial charge in [-0.15, -0.1) is 0 Å². The summed E-state index contributed by atoms with van der Waals surface area (Å²) >= 11 is 0. The van der Waals surface area contributed by atoms with Gasteiger partial charge in [0, 0.05) is 12.5 Å². The normalized spacial score (nSPS) is 21.9. The third-order valence-corrected chi connectivity index (χ3v) is 2.88. The smallest absolute Gasteiger partial charge is 0.122 e. The molecule has 0 unspecified atom stereocenters. The Morgan fingerprint density at radius 1 is 1.36 bits per heavy atom. The molecular formula is C12H17NO. The van der Waals surface area contributed by atoms with Crippen LogP contribution in [0, 0.1) is 0 Å². The third kappa shape index (κ3) is 1.90. The van der Waals surface area contributed by atoms with Crippen molar-refractivity contribution in [1.29, 1.82) is 0 Å². The third-order valence-electron chi connectivity index (χ3n) is 2.88. The predicted octanol–water partition coefficient (Wildman–Crippen LogP) is 2.16. The summed E-state index contributed by atoms with van der Waals surface area (Å²) in [6, 6.07) is 8.34. The highest BCUT2D eigenvalue weighted by molar-refractivity contribution is 5.36. The van der Waals surface area contributed by atoms with Crippen LogP contribution < -0.4 is 10.1 Å². The summed E-state index contributed by atoms with van der Waals surface area (Å²) in [7, 11) is 1.75. The number of para-hydroxylation sites is 1. The molecule has 2 nitrogen and oxygen atoms in total. The van der Waals surface area contributed by atoms with Crippen LogP contribution in [-0.2, 0) is 0 Å². The largest absolute Gasteiger partial charge is 0.496 e. The zero-order valence-corrected chi connectivity index (χ0v) is 8.62. The fraction of sp³-hybridized carbons (Fsp3) is 0.500. The van der Waals surface area contributed by atoms with E-state index >= 15 is 0 Å². The summed E-state index contributed by atoms with van der Waals surface area (Å²) in [5, 5.41) is 3.43. The molecule has 14 heavy (non-hydrogen) atoms. The van der Waals surface area contributed by atoms with Gasteiger partial charge in [-0.2, -0.15) is 0 Å². The van der Waals surface area contributed by atoms with Gasteiger partial charge in [0.15, 0.2) is 0 Å². The van der Waals surface area contributed by atoms with E-state index in [0.29, 0.717) is 5.92 Å². The maximum Gasteiger partial charge on any atom is 0.122 e. The van der Waals surface area contributed by atoms with Crippen LogP contribution in [-0.4, -0.2) is 20.2 Å². The van der Waals surface area contributed by atoms with Crippen LogP contribution in [0.2, 0.25) is 0 Å². The van der Waals surface area contributed by atoms with E-state index in [-0.39, 0.29) is 0 Å². The Labute approximate surface area is 85.3 Å². The lowest BCUT2D eigenvalue weighted by atomic mass is 9.91. The Morgan fingerprint density at radius 3 is 2.93 bits per heavy atom. The molecule has 0 bridgehead atoms. The summed E-state index contributed by atoms with van der Waals surface area (Å²) in [6.45, 7) is 2.24. The van der Waals surface area contributed by atoms with Crippen molar-refractivity contribution in [2.24, 2.45) is 0 Å². The predicted molar refractivity (Wildman–Crippen MR) is 57.8 cm³/mol. The van der Waals surface area contributed by atoms with E-state index in [1.54, 1.807) is 7.11 Å². The molecule has 1 aromatic carbocycles. The first-order valence-electron chi connectivity index (χ1n) is 5.25. The molecule has 0 saturated carbocycles. The Hall–Kier alpha value is -1.02. The van der Waals surface area contributed by atoms with Crippen molar-refractivity contribution in [2.45, 2.75) is 18.8 Å². The molecule has 2 rings (SSSR count). The van der Waals surface area contributed by atoms with Crippen molar-refractivity contribution in [1.82, 2.24) is 5.32 Å². The number of hydrogen-bond donors (Lipinski definition) is 1. The summed E-state index contributed by atoms with van der Waals surface area (Å²) < 4.78 is 5.37. The number of rotatable bonds is 2. The maximum absolute atomic E-state index is 5.37. The molecule has 76 valence electrons. The highest BCUT2D eigenvalue weighted by Gasteiger charge is 2.17. The molecule has 0 amide bonds. The number of methoxy groups -OCH3 is 1. The molecule has 1 heterocycles. The van der Waals surface area contributed by atoms with E-state index in [2.05, 4.69) is 17.4 Å². The van der Waals surface area contributed by atoms with Crippen LogP contribution >= 0.6 is 0 Å². The molecule has 0 aromatic heterocycles. The summed E-state index contributed by atoms with van der Waals surface area (Å²) in [6.07, 6.45) is 2.54. The lowest BCUT2D eigenvalue weighted by molar-refractivity contribution is 0.392. The molecule has 0 radical (unpaired) electrons. The zero-order valence-electron chi connectivity index (χ0n) is 8.62. The second-order valence-electron chi connectivity index (χ2n) is 3.79. The van der Waals surface area contributed by atoms with Crippen LogP contribution in [0.3, 0.4) is 0 Å². The zero-order chi connectivity index (χ0) is 9.80. The van der Waals surface area contributed by atoms with Crippen molar-refractivity contribution < 1.29 is 4.74 Å². The maximum atomic E-state index is 5.37. The van der Waals surface area contributed by atoms with Crippen LogP contribution in [0.25, 0.3) is 0 Å². The highest BCUT2D eigenvalue weighted by atomic mass is 16.5. The second-order valence-corrected chi connectivity index (χ2v) is 3.79. The van der Waals surface area contributed by atoms with Crippen LogP contribution in [0.5, 0.6) is 5.75 Å². The van der Waals surface area contributed by atoms with E-state index < -0.39 is 0 Å². The molecular weight excluding hydrogens is 174 g/mol. The first-order chi connectivity index (χ1) is 6.92. The van der Waals surface area contributed by atoms with Crippen molar-refractivity contribution in [2.75, 3.05) is 20.2 Å². The number of ether oxygens (including phenoxy) is 1. The van der Waals surface area contributed by atoms with Gasteiger partial charge in [-0.3, -0.25) is 0 Å². The van der Waals surface area contributed by atoms with Gasteiger partial charge in [0.2, 0.25) is 0 Å². The molecule has 0 aliphatic carbocycles. The van der Waals surface area contributed by atoms with Crippen molar-refractivity contribution in [3.63, 3.8) is 0 Å². The quantitative estimate of drug-likeness (QED) is 0.773. The Balaban J connectivity index is 2.20. The van der Waals surface area contributed by atoms with Gasteiger partial charge in [-0.25, -0.2) is 0 Å². The average molecular weight is 191 g/mol. The Bertz CT molecular complexity index is 292. The first-order valence-corrected chi connectivity index (χ1v) is 5.25. The van der Waals surface area contributed by atoms with Gasteiger partial charge >= 0.3 is 0 Å². The topological polar surface area (TPSA) is 21.3 Å². The lowest BCUT2D eigenvalue weighted by Gasteiger charge is -2.24. The Morgan fingerprint density at radius 2 is 2.21 bits per heavy atom. The minimum absolute atomic E-state index is 0.625. The number of piperidine rings is 1. The van der Waals surface area contributed by atoms with Crippen molar-refractivity contribution in [3.8, 4) is 5.75 Å². The minimum atomic E-state index is 0.625. The standard InChI is InChI=1S/C12H17NO/c1-14-12-7-3-2-6-11(12)10-5-4-8-13-9-10/h2-3,6-7,10,13H,4-5,8-9H2,1H3/t10-/m0/s1. The fourth-order valence-corrected chi connectivity index (χ4v) is 2.12. The number of nitrogens with one attached hydrogen (secondary N) is 1. The highest BCUT2D eigenvalue weighted by Crippen LogP contribution is 2.30. The van der Waals surface area contributed by atoms with Gasteiger partial charge in [-0.1, -0.05) is 18.2 Å². The van der Waals surface area contributed by atoms with Gasteiger partial charge < -0.3 is 10.1 Å². The number of benzene rings is 1. The summed E-state index contributed by atoms with van der Waals surface area (Å²) in [5.41, 5.74) is 1.35. The van der Waals surface area contributed by atoms with Gasteiger partial charge in [-0.05, 0) is 31.0 Å². The lowest BCUT2D eigenvalue weighted by Crippen LogP contribution is -2.28. The van der Waals surface area contributed by atoms with E-state index in [9.17, 15) is 0 Å². The minimum Gasteiger partial charge on any atom is -0.496 e. The van der Waals surface area contributed by atoms with E-state index in [1.807, 2.05) is 12.1 Å². The SMILES string of the molecule is COc1ccccc1[C@H]1CCCNC1. The van der Waals surface area contributed by atoms with Crippen molar-refractivity contribution in [3.05, 3.63) is 29.8 Å². The summed E-state index contributed by atoms with van der Waals surface area (Å²) in [5.74, 6) is 1.65. The molecule has 1 aliphatic rings. The molecule has 2 heteroatoms. The first kappa shape index (κ1) is 9.53. The van der Waals surface area contributed by atoms with Gasteiger partial charge in [0.05, 0.1) is 7.11 Å². The monoisotopic (exact) mass is 191 g/mol. The Kier molecular flexibility index (Phi) is 3.04. The van der Waals surface area contributed by atoms with Gasteiger partial charge in [0.1, 0.15) is 5.75 Å². The van der Waals surface area contributed by atoms with E-state index in [1.165, 1.54) is 18.4 Å². The van der Waals surface area contributed by atoms with E-state index in [4.69, 9.17) is 4.74 Å². The molecule has 1 atom stereocenters. The van der Waals surface area contributed by atoms with Crippen LogP contribution in [0.4, 0.5) is 0 Å². The molecule has 1 N–H and O–H groups in total. The van der Waals surface area contributed by atoms with Gasteiger partial charge in [0.25, 0.3) is 0 Å². The molecule has 0 spiro atoms. The van der Waals surface area contributed by atoms with E-state index in [0.717, 1.165) is 18.8 Å². The average Bonchev–Trinajstić information content (AvgIpc) is 2.30. The fourth-order valence-electron chi connectivity index (χ4n) is 2.12.